The Morgan fingerprint density at radius 3 is 3.00 bits per heavy atom. The average Bonchev–Trinajstić information content (AvgIpc) is 2.24. The van der Waals surface area contributed by atoms with Gasteiger partial charge in [0.1, 0.15) is 11.5 Å². The van der Waals surface area contributed by atoms with Crippen LogP contribution in [0.3, 0.4) is 0 Å². The fourth-order valence-corrected chi connectivity index (χ4v) is 1.17. The molecule has 0 aliphatic rings. The van der Waals surface area contributed by atoms with Gasteiger partial charge in [0, 0.05) is 6.42 Å². The lowest BCUT2D eigenvalue weighted by Gasteiger charge is -2.04. The van der Waals surface area contributed by atoms with Crippen LogP contribution in [0, 0.1) is 11.3 Å². The normalized spacial score (nSPS) is 9.33. The molecule has 78 valence electrons. The van der Waals surface area contributed by atoms with Gasteiger partial charge < -0.3 is 9.53 Å². The van der Waals surface area contributed by atoms with Crippen LogP contribution in [0.4, 0.5) is 0 Å². The maximum atomic E-state index is 10.7. The van der Waals surface area contributed by atoms with Crippen LogP contribution in [0.5, 0.6) is 5.75 Å². The molecule has 1 rings (SSSR count). The van der Waals surface area contributed by atoms with Crippen LogP contribution in [0.25, 0.3) is 0 Å². The quantitative estimate of drug-likeness (QED) is 0.690. The summed E-state index contributed by atoms with van der Waals surface area (Å²) in [5, 5.41) is 8.66. The van der Waals surface area contributed by atoms with Crippen molar-refractivity contribution in [3.05, 3.63) is 29.8 Å². The highest BCUT2D eigenvalue weighted by molar-refractivity contribution is 5.75. The summed E-state index contributed by atoms with van der Waals surface area (Å²) in [7, 11) is 0. The van der Waals surface area contributed by atoms with E-state index in [2.05, 4.69) is 0 Å². The number of ketones is 1. The van der Waals surface area contributed by atoms with Gasteiger partial charge in [-0.2, -0.15) is 5.26 Å². The number of nitrogens with zero attached hydrogens (tertiary/aromatic N) is 1. The molecule has 15 heavy (non-hydrogen) atoms. The number of hydrogen-bond donors (Lipinski definition) is 0. The van der Waals surface area contributed by atoms with E-state index in [0.717, 1.165) is 0 Å². The van der Waals surface area contributed by atoms with E-state index < -0.39 is 0 Å². The Bertz CT molecular complexity index is 379. The summed E-state index contributed by atoms with van der Waals surface area (Å²) in [6.45, 7) is 2.07. The smallest absolute Gasteiger partial charge is 0.129 e. The van der Waals surface area contributed by atoms with Gasteiger partial charge in [0.05, 0.1) is 18.2 Å². The molecule has 0 spiro atoms. The maximum Gasteiger partial charge on any atom is 0.129 e. The summed E-state index contributed by atoms with van der Waals surface area (Å²) >= 11 is 0. The standard InChI is InChI=1S/C12H13NO2/c1-10(14)4-3-7-15-12-6-2-5-11(8-12)9-13/h2,5-6,8H,3-4,7H2,1H3. The van der Waals surface area contributed by atoms with Gasteiger partial charge in [0.15, 0.2) is 0 Å². The number of hydrogen-bond acceptors (Lipinski definition) is 3. The van der Waals surface area contributed by atoms with E-state index in [1.165, 1.54) is 0 Å². The predicted molar refractivity (Wildman–Crippen MR) is 56.6 cm³/mol. The fourth-order valence-electron chi connectivity index (χ4n) is 1.17. The SMILES string of the molecule is CC(=O)CCCOc1cccc(C#N)c1. The van der Waals surface area contributed by atoms with Crippen molar-refractivity contribution in [2.45, 2.75) is 19.8 Å². The number of ether oxygens (including phenoxy) is 1. The summed E-state index contributed by atoms with van der Waals surface area (Å²) in [5.41, 5.74) is 0.582. The van der Waals surface area contributed by atoms with E-state index >= 15 is 0 Å². The summed E-state index contributed by atoms with van der Waals surface area (Å²) < 4.78 is 5.40. The zero-order valence-corrected chi connectivity index (χ0v) is 8.69. The summed E-state index contributed by atoms with van der Waals surface area (Å²) in [4.78, 5) is 10.7. The number of Topliss-reactive ketones (excluding diaryl/α,β-unsaturated/α-hetero) is 1. The van der Waals surface area contributed by atoms with Crippen molar-refractivity contribution < 1.29 is 9.53 Å². The van der Waals surface area contributed by atoms with Crippen molar-refractivity contribution in [2.75, 3.05) is 6.61 Å². The fraction of sp³-hybridized carbons (Fsp3) is 0.333. The lowest BCUT2D eigenvalue weighted by Crippen LogP contribution is -2.00. The number of carbonyl (C=O) groups excluding carboxylic acids is 1. The molecule has 0 aromatic heterocycles. The molecule has 0 aliphatic heterocycles. The van der Waals surface area contributed by atoms with Crippen LogP contribution in [-0.2, 0) is 4.79 Å². The molecule has 0 saturated heterocycles. The van der Waals surface area contributed by atoms with Crippen LogP contribution >= 0.6 is 0 Å². The van der Waals surface area contributed by atoms with E-state index in [1.54, 1.807) is 31.2 Å². The first-order chi connectivity index (χ1) is 7.22. The van der Waals surface area contributed by atoms with Crippen LogP contribution in [0.15, 0.2) is 24.3 Å². The van der Waals surface area contributed by atoms with E-state index in [1.807, 2.05) is 6.07 Å². The second-order valence-corrected chi connectivity index (χ2v) is 3.29. The van der Waals surface area contributed by atoms with E-state index in [9.17, 15) is 4.79 Å². The largest absolute Gasteiger partial charge is 0.494 e. The van der Waals surface area contributed by atoms with E-state index in [0.29, 0.717) is 30.8 Å². The lowest BCUT2D eigenvalue weighted by atomic mass is 10.2. The van der Waals surface area contributed by atoms with Gasteiger partial charge in [-0.25, -0.2) is 0 Å². The third kappa shape index (κ3) is 4.28. The zero-order valence-electron chi connectivity index (χ0n) is 8.69. The topological polar surface area (TPSA) is 50.1 Å². The molecular weight excluding hydrogens is 190 g/mol. The first-order valence-electron chi connectivity index (χ1n) is 4.85. The van der Waals surface area contributed by atoms with Crippen molar-refractivity contribution in [1.29, 1.82) is 5.26 Å². The first kappa shape index (κ1) is 11.3. The highest BCUT2D eigenvalue weighted by Gasteiger charge is 1.97. The molecule has 3 nitrogen and oxygen atoms in total. The van der Waals surface area contributed by atoms with Gasteiger partial charge in [-0.1, -0.05) is 6.07 Å². The van der Waals surface area contributed by atoms with Crippen LogP contribution < -0.4 is 4.74 Å². The Kier molecular flexibility index (Phi) is 4.36. The molecule has 0 atom stereocenters. The van der Waals surface area contributed by atoms with E-state index in [4.69, 9.17) is 10.00 Å². The van der Waals surface area contributed by atoms with Gasteiger partial charge in [0.2, 0.25) is 0 Å². The highest BCUT2D eigenvalue weighted by Crippen LogP contribution is 2.12. The van der Waals surface area contributed by atoms with Crippen LogP contribution in [0.2, 0.25) is 0 Å². The molecule has 0 fully saturated rings. The number of carbonyl (C=O) groups is 1. The Morgan fingerprint density at radius 2 is 2.33 bits per heavy atom. The van der Waals surface area contributed by atoms with Gasteiger partial charge in [0.25, 0.3) is 0 Å². The molecular formula is C12H13NO2. The number of benzene rings is 1. The third-order valence-corrected chi connectivity index (χ3v) is 1.91. The molecule has 0 bridgehead atoms. The molecule has 0 heterocycles. The van der Waals surface area contributed by atoms with Crippen molar-refractivity contribution in [3.63, 3.8) is 0 Å². The molecule has 0 N–H and O–H groups in total. The van der Waals surface area contributed by atoms with E-state index in [-0.39, 0.29) is 5.78 Å². The van der Waals surface area contributed by atoms with Gasteiger partial charge in [-0.15, -0.1) is 0 Å². The van der Waals surface area contributed by atoms with Crippen molar-refractivity contribution in [3.8, 4) is 11.8 Å². The molecule has 0 aliphatic carbocycles. The second-order valence-electron chi connectivity index (χ2n) is 3.29. The van der Waals surface area contributed by atoms with Crippen LogP contribution in [-0.4, -0.2) is 12.4 Å². The minimum absolute atomic E-state index is 0.171. The average molecular weight is 203 g/mol. The Balaban J connectivity index is 2.38. The zero-order chi connectivity index (χ0) is 11.1. The minimum atomic E-state index is 0.171. The Morgan fingerprint density at radius 1 is 1.53 bits per heavy atom. The molecule has 1 aromatic rings. The third-order valence-electron chi connectivity index (χ3n) is 1.91. The number of rotatable bonds is 5. The molecule has 0 saturated carbocycles. The minimum Gasteiger partial charge on any atom is -0.494 e. The summed E-state index contributed by atoms with van der Waals surface area (Å²) in [6.07, 6.45) is 1.25. The predicted octanol–water partition coefficient (Wildman–Crippen LogP) is 2.31. The van der Waals surface area contributed by atoms with Crippen molar-refractivity contribution >= 4 is 5.78 Å². The summed E-state index contributed by atoms with van der Waals surface area (Å²) in [5.74, 6) is 0.849. The Hall–Kier alpha value is -1.82. The van der Waals surface area contributed by atoms with Crippen LogP contribution in [0.1, 0.15) is 25.3 Å². The summed E-state index contributed by atoms with van der Waals surface area (Å²) in [6, 6.07) is 9.03. The van der Waals surface area contributed by atoms with Crippen molar-refractivity contribution in [2.24, 2.45) is 0 Å². The van der Waals surface area contributed by atoms with Gasteiger partial charge in [-0.05, 0) is 31.5 Å². The maximum absolute atomic E-state index is 10.7. The Labute approximate surface area is 89.3 Å². The van der Waals surface area contributed by atoms with Crippen molar-refractivity contribution in [1.82, 2.24) is 0 Å². The molecule has 0 unspecified atom stereocenters. The molecule has 0 amide bonds. The first-order valence-corrected chi connectivity index (χ1v) is 4.85. The van der Waals surface area contributed by atoms with Gasteiger partial charge >= 0.3 is 0 Å². The number of nitriles is 1. The second kappa shape index (κ2) is 5.82. The molecule has 1 aromatic carbocycles. The highest BCUT2D eigenvalue weighted by atomic mass is 16.5. The monoisotopic (exact) mass is 203 g/mol. The lowest BCUT2D eigenvalue weighted by molar-refractivity contribution is -0.117. The molecule has 0 radical (unpaired) electrons. The molecule has 3 heteroatoms. The van der Waals surface area contributed by atoms with Gasteiger partial charge in [-0.3, -0.25) is 0 Å².